The number of halogens is 1. The van der Waals surface area contributed by atoms with Gasteiger partial charge in [0.25, 0.3) is 5.56 Å². The standard InChI is InChI=1S/C24H18FN3O/c25-19-4-1-3-17(15-19)7-8-18-9-10-21-22(16-18)26-23-11-12-27(20-5-2-6-20)13-14-28(23)24(21)29/h1-6,9-10,15-16H,11-14H2. The lowest BCUT2D eigenvalue weighted by molar-refractivity contribution is 0.357. The van der Waals surface area contributed by atoms with Crippen LogP contribution in [0.25, 0.3) is 10.9 Å². The Labute approximate surface area is 167 Å². The highest BCUT2D eigenvalue weighted by Crippen LogP contribution is 2.18. The average Bonchev–Trinajstić information content (AvgIpc) is 2.88. The van der Waals surface area contributed by atoms with Crippen molar-refractivity contribution in [3.63, 3.8) is 0 Å². The molecule has 0 amide bonds. The zero-order valence-corrected chi connectivity index (χ0v) is 15.7. The van der Waals surface area contributed by atoms with E-state index in [-0.39, 0.29) is 11.4 Å². The summed E-state index contributed by atoms with van der Waals surface area (Å²) in [5.41, 5.74) is 3.22. The molecule has 0 fully saturated rings. The Morgan fingerprint density at radius 2 is 1.83 bits per heavy atom. The van der Waals surface area contributed by atoms with Crippen LogP contribution in [0.3, 0.4) is 0 Å². The minimum absolute atomic E-state index is 0.00498. The van der Waals surface area contributed by atoms with E-state index in [0.717, 1.165) is 30.9 Å². The Kier molecular flexibility index (Phi) is 4.25. The third-order valence-corrected chi connectivity index (χ3v) is 5.31. The third-order valence-electron chi connectivity index (χ3n) is 5.31. The van der Waals surface area contributed by atoms with Gasteiger partial charge in [0.1, 0.15) is 11.6 Å². The molecule has 0 atom stereocenters. The molecule has 0 unspecified atom stereocenters. The van der Waals surface area contributed by atoms with Gasteiger partial charge in [-0.15, -0.1) is 0 Å². The Morgan fingerprint density at radius 1 is 1.00 bits per heavy atom. The van der Waals surface area contributed by atoms with E-state index in [4.69, 9.17) is 4.98 Å². The molecular weight excluding hydrogens is 365 g/mol. The van der Waals surface area contributed by atoms with Gasteiger partial charge in [-0.05, 0) is 48.6 Å². The quantitative estimate of drug-likeness (QED) is 0.606. The van der Waals surface area contributed by atoms with Crippen LogP contribution in [0.4, 0.5) is 4.39 Å². The van der Waals surface area contributed by atoms with Crippen LogP contribution in [-0.4, -0.2) is 27.5 Å². The second-order valence-corrected chi connectivity index (χ2v) is 7.16. The van der Waals surface area contributed by atoms with E-state index in [1.165, 1.54) is 17.8 Å². The van der Waals surface area contributed by atoms with E-state index in [9.17, 15) is 9.18 Å². The third kappa shape index (κ3) is 3.34. The molecule has 0 saturated carbocycles. The number of hydrogen-bond donors (Lipinski definition) is 0. The van der Waals surface area contributed by atoms with E-state index in [1.54, 1.807) is 22.8 Å². The van der Waals surface area contributed by atoms with Crippen LogP contribution in [0.1, 0.15) is 17.0 Å². The maximum atomic E-state index is 13.3. The van der Waals surface area contributed by atoms with Crippen LogP contribution >= 0.6 is 0 Å². The van der Waals surface area contributed by atoms with Gasteiger partial charge in [-0.1, -0.05) is 24.0 Å². The molecule has 2 aromatic carbocycles. The van der Waals surface area contributed by atoms with Crippen LogP contribution in [0.2, 0.25) is 0 Å². The molecule has 142 valence electrons. The minimum atomic E-state index is -0.310. The first-order valence-electron chi connectivity index (χ1n) is 9.62. The van der Waals surface area contributed by atoms with E-state index >= 15 is 0 Å². The van der Waals surface area contributed by atoms with E-state index in [0.29, 0.717) is 23.0 Å². The molecule has 0 N–H and O–H groups in total. The number of allylic oxidation sites excluding steroid dienone is 3. The molecule has 5 rings (SSSR count). The molecule has 2 heterocycles. The van der Waals surface area contributed by atoms with Crippen molar-refractivity contribution < 1.29 is 4.39 Å². The fourth-order valence-electron chi connectivity index (χ4n) is 3.70. The van der Waals surface area contributed by atoms with E-state index in [2.05, 4.69) is 28.9 Å². The van der Waals surface area contributed by atoms with Gasteiger partial charge < -0.3 is 4.90 Å². The first-order chi connectivity index (χ1) is 14.2. The van der Waals surface area contributed by atoms with Gasteiger partial charge in [0.2, 0.25) is 0 Å². The van der Waals surface area contributed by atoms with Gasteiger partial charge in [0, 0.05) is 42.9 Å². The monoisotopic (exact) mass is 383 g/mol. The first-order valence-corrected chi connectivity index (χ1v) is 9.62. The Morgan fingerprint density at radius 3 is 2.59 bits per heavy atom. The van der Waals surface area contributed by atoms with Gasteiger partial charge in [-0.3, -0.25) is 9.36 Å². The number of rotatable bonds is 1. The summed E-state index contributed by atoms with van der Waals surface area (Å²) in [6.45, 7) is 2.27. The zero-order valence-electron chi connectivity index (χ0n) is 15.7. The smallest absolute Gasteiger partial charge is 0.261 e. The molecular formula is C24H18FN3O. The van der Waals surface area contributed by atoms with Crippen LogP contribution in [0, 0.1) is 17.7 Å². The maximum Gasteiger partial charge on any atom is 0.261 e. The summed E-state index contributed by atoms with van der Waals surface area (Å²) in [5, 5.41) is 0.598. The lowest BCUT2D eigenvalue weighted by Crippen LogP contribution is -2.29. The van der Waals surface area contributed by atoms with Crippen molar-refractivity contribution in [1.82, 2.24) is 14.5 Å². The number of aromatic nitrogens is 2. The normalized spacial score (nSPS) is 15.1. The highest BCUT2D eigenvalue weighted by Gasteiger charge is 2.19. The number of hydrogen-bond acceptors (Lipinski definition) is 3. The molecule has 0 saturated heterocycles. The molecule has 0 spiro atoms. The molecule has 0 radical (unpaired) electrons. The summed E-state index contributed by atoms with van der Waals surface area (Å²) in [5.74, 6) is 6.50. The predicted octanol–water partition coefficient (Wildman–Crippen LogP) is 3.25. The highest BCUT2D eigenvalue weighted by atomic mass is 19.1. The molecule has 3 aromatic rings. The Hall–Kier alpha value is -3.65. The number of nitrogens with zero attached hydrogens (tertiary/aromatic N) is 3. The number of fused-ring (bicyclic) bond motifs is 2. The molecule has 5 heteroatoms. The van der Waals surface area contributed by atoms with Crippen LogP contribution in [-0.2, 0) is 13.0 Å². The fourth-order valence-corrected chi connectivity index (χ4v) is 3.70. The van der Waals surface area contributed by atoms with Crippen LogP contribution in [0.5, 0.6) is 0 Å². The van der Waals surface area contributed by atoms with Crippen molar-refractivity contribution in [3.05, 3.63) is 99.5 Å². The lowest BCUT2D eigenvalue weighted by Gasteiger charge is -2.25. The van der Waals surface area contributed by atoms with Crippen molar-refractivity contribution in [3.8, 4) is 11.8 Å². The molecule has 1 aliphatic carbocycles. The largest absolute Gasteiger partial charge is 0.369 e. The van der Waals surface area contributed by atoms with Crippen molar-refractivity contribution in [2.24, 2.45) is 0 Å². The molecule has 0 bridgehead atoms. The summed E-state index contributed by atoms with van der Waals surface area (Å²) < 4.78 is 15.1. The van der Waals surface area contributed by atoms with E-state index < -0.39 is 0 Å². The van der Waals surface area contributed by atoms with Gasteiger partial charge >= 0.3 is 0 Å². The summed E-state index contributed by atoms with van der Waals surface area (Å²) in [7, 11) is 0. The molecule has 29 heavy (non-hydrogen) atoms. The molecule has 4 nitrogen and oxygen atoms in total. The summed E-state index contributed by atoms with van der Waals surface area (Å²) in [4.78, 5) is 20.1. The van der Waals surface area contributed by atoms with Crippen molar-refractivity contribution in [2.45, 2.75) is 13.0 Å². The van der Waals surface area contributed by atoms with Gasteiger partial charge in [0.15, 0.2) is 0 Å². The maximum absolute atomic E-state index is 13.3. The molecule has 1 aromatic heterocycles. The second kappa shape index (κ2) is 7.06. The van der Waals surface area contributed by atoms with Crippen LogP contribution < -0.4 is 5.56 Å². The first kappa shape index (κ1) is 17.4. The fraction of sp³-hybridized carbons (Fsp3) is 0.167. The number of benzene rings is 2. The van der Waals surface area contributed by atoms with Gasteiger partial charge in [-0.25, -0.2) is 9.37 Å². The molecule has 1 aliphatic heterocycles. The summed E-state index contributed by atoms with van der Waals surface area (Å²) >= 11 is 0. The Bertz CT molecular complexity index is 1310. The average molecular weight is 383 g/mol. The van der Waals surface area contributed by atoms with Gasteiger partial charge in [0.05, 0.1) is 10.9 Å². The van der Waals surface area contributed by atoms with Crippen molar-refractivity contribution in [2.75, 3.05) is 13.1 Å². The van der Waals surface area contributed by atoms with Crippen molar-refractivity contribution in [1.29, 1.82) is 0 Å². The lowest BCUT2D eigenvalue weighted by atomic mass is 10.1. The highest BCUT2D eigenvalue weighted by molar-refractivity contribution is 5.79. The minimum Gasteiger partial charge on any atom is -0.369 e. The topological polar surface area (TPSA) is 38.1 Å². The van der Waals surface area contributed by atoms with Crippen LogP contribution in [0.15, 0.2) is 71.2 Å². The van der Waals surface area contributed by atoms with Gasteiger partial charge in [-0.2, -0.15) is 0 Å². The van der Waals surface area contributed by atoms with Crippen molar-refractivity contribution >= 4 is 10.9 Å². The zero-order chi connectivity index (χ0) is 19.8. The summed E-state index contributed by atoms with van der Waals surface area (Å²) in [6.07, 6.45) is 6.92. The SMILES string of the molecule is O=c1c2ccc(C#Cc3cccc(F)c3)cc2nc2n1CCN(C1=CC=C1)CC2. The molecule has 2 aliphatic rings. The Balaban J connectivity index is 1.49. The summed E-state index contributed by atoms with van der Waals surface area (Å²) in [6, 6.07) is 11.6. The predicted molar refractivity (Wildman–Crippen MR) is 111 cm³/mol. The second-order valence-electron chi connectivity index (χ2n) is 7.16. The van der Waals surface area contributed by atoms with E-state index in [1.807, 2.05) is 18.2 Å².